The molecular weight excluding hydrogens is 238 g/mol. The fourth-order valence-corrected chi connectivity index (χ4v) is 1.95. The van der Waals surface area contributed by atoms with Crippen molar-refractivity contribution in [1.82, 2.24) is 9.97 Å². The maximum absolute atomic E-state index is 10.9. The average molecular weight is 253 g/mol. The van der Waals surface area contributed by atoms with Crippen molar-refractivity contribution in [1.29, 1.82) is 0 Å². The highest BCUT2D eigenvalue weighted by molar-refractivity contribution is 5.56. The molecule has 1 aromatic heterocycles. The van der Waals surface area contributed by atoms with Gasteiger partial charge in [0.15, 0.2) is 0 Å². The lowest BCUT2D eigenvalue weighted by Gasteiger charge is -2.28. The van der Waals surface area contributed by atoms with Gasteiger partial charge in [0.25, 0.3) is 0 Å². The van der Waals surface area contributed by atoms with Crippen LogP contribution in [-0.4, -0.2) is 33.6 Å². The van der Waals surface area contributed by atoms with Gasteiger partial charge in [-0.15, -0.1) is 0 Å². The first-order chi connectivity index (χ1) is 8.56. The van der Waals surface area contributed by atoms with Gasteiger partial charge < -0.3 is 15.8 Å². The van der Waals surface area contributed by atoms with E-state index in [9.17, 15) is 10.1 Å². The van der Waals surface area contributed by atoms with Crippen LogP contribution in [0.5, 0.6) is 0 Å². The zero-order valence-electron chi connectivity index (χ0n) is 10.00. The molecule has 0 aliphatic carbocycles. The lowest BCUT2D eigenvalue weighted by Crippen LogP contribution is -2.33. The van der Waals surface area contributed by atoms with Gasteiger partial charge in [0.2, 0.25) is 11.8 Å². The Labute approximate surface area is 104 Å². The summed E-state index contributed by atoms with van der Waals surface area (Å²) in [6.07, 6.45) is 2.81. The molecule has 98 valence electrons. The van der Waals surface area contributed by atoms with Crippen molar-refractivity contribution in [2.75, 3.05) is 17.7 Å². The number of hydrogen-bond acceptors (Lipinski definition) is 7. The number of aromatic nitrogens is 2. The number of nitrogens with one attached hydrogen (secondary N) is 1. The molecule has 0 radical (unpaired) electrons. The van der Waals surface area contributed by atoms with Gasteiger partial charge in [0.1, 0.15) is 6.20 Å². The third-order valence-electron chi connectivity index (χ3n) is 2.81. The Kier molecular flexibility index (Phi) is 3.56. The van der Waals surface area contributed by atoms with Crippen LogP contribution in [0.2, 0.25) is 0 Å². The Morgan fingerprint density at radius 1 is 1.67 bits per heavy atom. The van der Waals surface area contributed by atoms with E-state index >= 15 is 0 Å². The Morgan fingerprint density at radius 3 is 3.11 bits per heavy atom. The van der Waals surface area contributed by atoms with Gasteiger partial charge in [-0.05, 0) is 19.8 Å². The summed E-state index contributed by atoms with van der Waals surface area (Å²) in [7, 11) is 0. The molecule has 0 spiro atoms. The van der Waals surface area contributed by atoms with E-state index < -0.39 is 4.92 Å². The molecule has 1 aliphatic rings. The monoisotopic (exact) mass is 253 g/mol. The van der Waals surface area contributed by atoms with E-state index in [-0.39, 0.29) is 29.6 Å². The maximum atomic E-state index is 10.9. The number of ether oxygens (including phenoxy) is 1. The topological polar surface area (TPSA) is 116 Å². The average Bonchev–Trinajstić information content (AvgIpc) is 2.28. The quantitative estimate of drug-likeness (QED) is 0.608. The molecule has 0 saturated carbocycles. The molecular formula is C10H15N5O3. The largest absolute Gasteiger partial charge is 0.378 e. The molecule has 2 atom stereocenters. The Hall–Kier alpha value is -1.96. The Balaban J connectivity index is 2.16. The summed E-state index contributed by atoms with van der Waals surface area (Å²) in [5, 5.41) is 13.9. The van der Waals surface area contributed by atoms with Crippen LogP contribution < -0.4 is 11.1 Å². The smallest absolute Gasteiger partial charge is 0.329 e. The highest BCUT2D eigenvalue weighted by atomic mass is 16.6. The predicted molar refractivity (Wildman–Crippen MR) is 65.2 cm³/mol. The second kappa shape index (κ2) is 5.13. The molecule has 2 unspecified atom stereocenters. The summed E-state index contributed by atoms with van der Waals surface area (Å²) in [5.41, 5.74) is 5.29. The lowest BCUT2D eigenvalue weighted by molar-refractivity contribution is -0.384. The van der Waals surface area contributed by atoms with E-state index in [1.54, 1.807) is 0 Å². The first-order valence-electron chi connectivity index (χ1n) is 5.71. The summed E-state index contributed by atoms with van der Waals surface area (Å²) >= 11 is 0. The highest BCUT2D eigenvalue weighted by Gasteiger charge is 2.23. The Bertz CT molecular complexity index is 453. The van der Waals surface area contributed by atoms with Crippen molar-refractivity contribution < 1.29 is 9.66 Å². The standard InChI is InChI=1S/C10H15N5O3/c1-6-4-7(2-3-18-6)13-9-8(15(16)17)5-12-10(11)14-9/h5-7H,2-4H2,1H3,(H3,11,12,13,14). The highest BCUT2D eigenvalue weighted by Crippen LogP contribution is 2.25. The van der Waals surface area contributed by atoms with Crippen LogP contribution in [0.25, 0.3) is 0 Å². The van der Waals surface area contributed by atoms with Crippen LogP contribution in [0.3, 0.4) is 0 Å². The minimum Gasteiger partial charge on any atom is -0.378 e. The number of nitrogens with two attached hydrogens (primary N) is 1. The van der Waals surface area contributed by atoms with Crippen LogP contribution in [0.4, 0.5) is 17.5 Å². The molecule has 1 aliphatic heterocycles. The van der Waals surface area contributed by atoms with Gasteiger partial charge in [-0.2, -0.15) is 4.98 Å². The molecule has 0 aromatic carbocycles. The molecule has 2 rings (SSSR count). The summed E-state index contributed by atoms with van der Waals surface area (Å²) in [6, 6.07) is 0.0988. The normalized spacial score (nSPS) is 23.6. The molecule has 3 N–H and O–H groups in total. The van der Waals surface area contributed by atoms with E-state index in [2.05, 4.69) is 15.3 Å². The fourth-order valence-electron chi connectivity index (χ4n) is 1.95. The SMILES string of the molecule is CC1CC(Nc2nc(N)ncc2[N+](=O)[O-])CCO1. The third-order valence-corrected chi connectivity index (χ3v) is 2.81. The van der Waals surface area contributed by atoms with E-state index in [1.807, 2.05) is 6.92 Å². The van der Waals surface area contributed by atoms with E-state index in [0.717, 1.165) is 19.0 Å². The van der Waals surface area contributed by atoms with Gasteiger partial charge >= 0.3 is 5.69 Å². The summed E-state index contributed by atoms with van der Waals surface area (Å²) in [4.78, 5) is 17.9. The third kappa shape index (κ3) is 2.83. The minimum atomic E-state index is -0.523. The molecule has 8 nitrogen and oxygen atoms in total. The number of nitro groups is 1. The first-order valence-corrected chi connectivity index (χ1v) is 5.71. The zero-order chi connectivity index (χ0) is 13.1. The number of hydrogen-bond donors (Lipinski definition) is 2. The summed E-state index contributed by atoms with van der Waals surface area (Å²) < 4.78 is 5.42. The molecule has 18 heavy (non-hydrogen) atoms. The van der Waals surface area contributed by atoms with Gasteiger partial charge in [0, 0.05) is 12.6 Å². The van der Waals surface area contributed by atoms with E-state index in [0.29, 0.717) is 6.61 Å². The second-order valence-electron chi connectivity index (χ2n) is 4.27. The van der Waals surface area contributed by atoms with Gasteiger partial charge in [-0.3, -0.25) is 10.1 Å². The fraction of sp³-hybridized carbons (Fsp3) is 0.600. The summed E-state index contributed by atoms with van der Waals surface area (Å²) in [6.45, 7) is 2.60. The number of nitrogens with zero attached hydrogens (tertiary/aromatic N) is 3. The first kappa shape index (κ1) is 12.5. The van der Waals surface area contributed by atoms with Crippen molar-refractivity contribution in [3.63, 3.8) is 0 Å². The van der Waals surface area contributed by atoms with Crippen molar-refractivity contribution in [3.8, 4) is 0 Å². The van der Waals surface area contributed by atoms with Crippen LogP contribution in [0, 0.1) is 10.1 Å². The Morgan fingerprint density at radius 2 is 2.44 bits per heavy atom. The van der Waals surface area contributed by atoms with E-state index in [1.165, 1.54) is 0 Å². The summed E-state index contributed by atoms with van der Waals surface area (Å²) in [5.74, 6) is 0.190. The minimum absolute atomic E-state index is 0.0169. The molecule has 2 heterocycles. The van der Waals surface area contributed by atoms with Gasteiger partial charge in [0.05, 0.1) is 11.0 Å². The van der Waals surface area contributed by atoms with E-state index in [4.69, 9.17) is 10.5 Å². The van der Waals surface area contributed by atoms with Crippen molar-refractivity contribution in [2.45, 2.75) is 31.9 Å². The second-order valence-corrected chi connectivity index (χ2v) is 4.27. The molecule has 1 saturated heterocycles. The number of nitrogen functional groups attached to an aromatic ring is 1. The maximum Gasteiger partial charge on any atom is 0.329 e. The van der Waals surface area contributed by atoms with Crippen molar-refractivity contribution in [2.24, 2.45) is 0 Å². The zero-order valence-corrected chi connectivity index (χ0v) is 10.00. The number of anilines is 2. The van der Waals surface area contributed by atoms with Gasteiger partial charge in [-0.25, -0.2) is 4.98 Å². The van der Waals surface area contributed by atoms with Gasteiger partial charge in [-0.1, -0.05) is 0 Å². The molecule has 0 bridgehead atoms. The molecule has 8 heteroatoms. The molecule has 1 aromatic rings. The van der Waals surface area contributed by atoms with Crippen molar-refractivity contribution in [3.05, 3.63) is 16.3 Å². The lowest BCUT2D eigenvalue weighted by atomic mass is 10.0. The number of rotatable bonds is 3. The van der Waals surface area contributed by atoms with Crippen LogP contribution in [-0.2, 0) is 4.74 Å². The van der Waals surface area contributed by atoms with Crippen LogP contribution >= 0.6 is 0 Å². The molecule has 1 fully saturated rings. The van der Waals surface area contributed by atoms with Crippen LogP contribution in [0.1, 0.15) is 19.8 Å². The van der Waals surface area contributed by atoms with Crippen molar-refractivity contribution >= 4 is 17.5 Å². The molecule has 0 amide bonds. The predicted octanol–water partition coefficient (Wildman–Crippen LogP) is 0.946. The van der Waals surface area contributed by atoms with Crippen LogP contribution in [0.15, 0.2) is 6.20 Å².